The van der Waals surface area contributed by atoms with Gasteiger partial charge in [0.25, 0.3) is 0 Å². The molecule has 80 valence electrons. The van der Waals surface area contributed by atoms with Crippen LogP contribution in [0, 0.1) is 5.92 Å². The van der Waals surface area contributed by atoms with Crippen LogP contribution in [-0.2, 0) is 9.09 Å². The van der Waals surface area contributed by atoms with Crippen LogP contribution in [0.15, 0.2) is 0 Å². The molecule has 2 N–H and O–H groups in total. The molecule has 0 saturated carbocycles. The SMILES string of the molecule is CCCC(OP(=O)(O)O)C(C)CC. The van der Waals surface area contributed by atoms with Gasteiger partial charge in [-0.05, 0) is 12.3 Å². The van der Waals surface area contributed by atoms with Gasteiger partial charge in [0.2, 0.25) is 0 Å². The van der Waals surface area contributed by atoms with E-state index in [4.69, 9.17) is 14.3 Å². The first-order valence-corrected chi connectivity index (χ1v) is 6.17. The number of phosphoric ester groups is 1. The number of phosphoric acid groups is 1. The highest BCUT2D eigenvalue weighted by Crippen LogP contribution is 2.40. The van der Waals surface area contributed by atoms with E-state index in [2.05, 4.69) is 0 Å². The van der Waals surface area contributed by atoms with Gasteiger partial charge in [0.05, 0.1) is 6.10 Å². The van der Waals surface area contributed by atoms with Crippen molar-refractivity contribution in [3.05, 3.63) is 0 Å². The van der Waals surface area contributed by atoms with E-state index in [9.17, 15) is 4.57 Å². The molecule has 0 radical (unpaired) electrons. The van der Waals surface area contributed by atoms with Crippen LogP contribution in [0.25, 0.3) is 0 Å². The molecule has 0 saturated heterocycles. The van der Waals surface area contributed by atoms with E-state index in [1.807, 2.05) is 20.8 Å². The molecular weight excluding hydrogens is 191 g/mol. The maximum Gasteiger partial charge on any atom is 0.469 e. The van der Waals surface area contributed by atoms with Gasteiger partial charge in [-0.2, -0.15) is 0 Å². The highest BCUT2D eigenvalue weighted by Gasteiger charge is 2.25. The molecule has 0 rings (SSSR count). The van der Waals surface area contributed by atoms with Crippen LogP contribution >= 0.6 is 7.82 Å². The van der Waals surface area contributed by atoms with Gasteiger partial charge >= 0.3 is 7.82 Å². The van der Waals surface area contributed by atoms with Crippen LogP contribution in [0.2, 0.25) is 0 Å². The lowest BCUT2D eigenvalue weighted by molar-refractivity contribution is 0.0854. The van der Waals surface area contributed by atoms with Crippen LogP contribution in [0.3, 0.4) is 0 Å². The summed E-state index contributed by atoms with van der Waals surface area (Å²) in [6, 6.07) is 0. The number of rotatable bonds is 6. The van der Waals surface area contributed by atoms with Crippen molar-refractivity contribution in [2.45, 2.75) is 46.1 Å². The summed E-state index contributed by atoms with van der Waals surface area (Å²) in [5.74, 6) is 0.188. The highest BCUT2D eigenvalue weighted by molar-refractivity contribution is 7.46. The zero-order chi connectivity index (χ0) is 10.5. The molecule has 13 heavy (non-hydrogen) atoms. The Balaban J connectivity index is 4.17. The van der Waals surface area contributed by atoms with Crippen molar-refractivity contribution in [2.75, 3.05) is 0 Å². The Hall–Kier alpha value is 0.110. The fourth-order valence-corrected chi connectivity index (χ4v) is 1.83. The van der Waals surface area contributed by atoms with Crippen molar-refractivity contribution >= 4 is 7.82 Å². The van der Waals surface area contributed by atoms with E-state index in [1.54, 1.807) is 0 Å². The second-order valence-corrected chi connectivity index (χ2v) is 4.50. The normalized spacial score (nSPS) is 17.0. The molecule has 0 aromatic rings. The molecule has 5 heteroatoms. The van der Waals surface area contributed by atoms with Gasteiger partial charge in [-0.25, -0.2) is 4.57 Å². The van der Waals surface area contributed by atoms with Gasteiger partial charge in [-0.3, -0.25) is 4.52 Å². The van der Waals surface area contributed by atoms with Gasteiger partial charge in [-0.1, -0.05) is 33.6 Å². The predicted octanol–water partition coefficient (Wildman–Crippen LogP) is 2.31. The Morgan fingerprint density at radius 3 is 2.23 bits per heavy atom. The Labute approximate surface area is 79.5 Å². The summed E-state index contributed by atoms with van der Waals surface area (Å²) < 4.78 is 15.3. The van der Waals surface area contributed by atoms with Crippen molar-refractivity contribution in [3.63, 3.8) is 0 Å². The summed E-state index contributed by atoms with van der Waals surface area (Å²) >= 11 is 0. The molecule has 0 aliphatic rings. The average molecular weight is 210 g/mol. The minimum atomic E-state index is -4.32. The Morgan fingerprint density at radius 2 is 1.92 bits per heavy atom. The molecule has 0 aliphatic heterocycles. The van der Waals surface area contributed by atoms with Gasteiger partial charge in [0, 0.05) is 0 Å². The van der Waals surface area contributed by atoms with Crippen molar-refractivity contribution in [2.24, 2.45) is 5.92 Å². The Morgan fingerprint density at radius 1 is 1.38 bits per heavy atom. The highest BCUT2D eigenvalue weighted by atomic mass is 31.2. The Bertz CT molecular complexity index is 177. The lowest BCUT2D eigenvalue weighted by atomic mass is 9.98. The first kappa shape index (κ1) is 13.1. The third-order valence-corrected chi connectivity index (χ3v) is 2.67. The van der Waals surface area contributed by atoms with Gasteiger partial charge < -0.3 is 9.79 Å². The van der Waals surface area contributed by atoms with Crippen molar-refractivity contribution in [1.82, 2.24) is 0 Å². The molecule has 2 atom stereocenters. The molecule has 0 spiro atoms. The van der Waals surface area contributed by atoms with Crippen molar-refractivity contribution < 1.29 is 18.9 Å². The first-order chi connectivity index (χ1) is 5.90. The average Bonchev–Trinajstić information content (AvgIpc) is 2.00. The van der Waals surface area contributed by atoms with Crippen molar-refractivity contribution in [3.8, 4) is 0 Å². The molecule has 0 bridgehead atoms. The standard InChI is InChI=1S/C8H19O4P/c1-4-6-8(7(3)5-2)12-13(9,10)11/h7-8H,4-6H2,1-3H3,(H2,9,10,11). The lowest BCUT2D eigenvalue weighted by Gasteiger charge is -2.22. The molecule has 0 aliphatic carbocycles. The molecule has 0 amide bonds. The summed E-state index contributed by atoms with van der Waals surface area (Å²) in [6.07, 6.45) is 2.11. The zero-order valence-electron chi connectivity index (χ0n) is 8.43. The topological polar surface area (TPSA) is 66.8 Å². The third kappa shape index (κ3) is 6.22. The molecule has 4 nitrogen and oxygen atoms in total. The van der Waals surface area contributed by atoms with Crippen LogP contribution in [0.5, 0.6) is 0 Å². The summed E-state index contributed by atoms with van der Waals surface area (Å²) in [5.41, 5.74) is 0. The van der Waals surface area contributed by atoms with Crippen LogP contribution in [-0.4, -0.2) is 15.9 Å². The van der Waals surface area contributed by atoms with Gasteiger partial charge in [0.15, 0.2) is 0 Å². The monoisotopic (exact) mass is 210 g/mol. The maximum absolute atomic E-state index is 10.6. The summed E-state index contributed by atoms with van der Waals surface area (Å²) in [4.78, 5) is 17.3. The van der Waals surface area contributed by atoms with E-state index in [0.717, 1.165) is 12.8 Å². The smallest absolute Gasteiger partial charge is 0.303 e. The first-order valence-electron chi connectivity index (χ1n) is 4.64. The second kappa shape index (κ2) is 5.76. The maximum atomic E-state index is 10.6. The largest absolute Gasteiger partial charge is 0.469 e. The number of hydrogen-bond acceptors (Lipinski definition) is 2. The summed E-state index contributed by atoms with van der Waals surface area (Å²) in [5, 5.41) is 0. The number of hydrogen-bond donors (Lipinski definition) is 2. The van der Waals surface area contributed by atoms with Crippen LogP contribution in [0.1, 0.15) is 40.0 Å². The Kier molecular flexibility index (Phi) is 5.81. The van der Waals surface area contributed by atoms with E-state index in [1.165, 1.54) is 0 Å². The van der Waals surface area contributed by atoms with Crippen LogP contribution < -0.4 is 0 Å². The van der Waals surface area contributed by atoms with E-state index in [0.29, 0.717) is 6.42 Å². The minimum Gasteiger partial charge on any atom is -0.303 e. The molecular formula is C8H19O4P. The van der Waals surface area contributed by atoms with E-state index in [-0.39, 0.29) is 12.0 Å². The van der Waals surface area contributed by atoms with Gasteiger partial charge in [-0.15, -0.1) is 0 Å². The fourth-order valence-electron chi connectivity index (χ4n) is 1.16. The molecule has 2 unspecified atom stereocenters. The molecule has 0 aromatic carbocycles. The second-order valence-electron chi connectivity index (χ2n) is 3.31. The summed E-state index contributed by atoms with van der Waals surface area (Å²) in [7, 11) is -4.32. The quantitative estimate of drug-likeness (QED) is 0.660. The zero-order valence-corrected chi connectivity index (χ0v) is 9.33. The molecule has 0 aromatic heterocycles. The van der Waals surface area contributed by atoms with E-state index < -0.39 is 7.82 Å². The minimum absolute atomic E-state index is 0.188. The molecule has 0 fully saturated rings. The van der Waals surface area contributed by atoms with Crippen molar-refractivity contribution in [1.29, 1.82) is 0 Å². The van der Waals surface area contributed by atoms with Crippen LogP contribution in [0.4, 0.5) is 0 Å². The van der Waals surface area contributed by atoms with E-state index >= 15 is 0 Å². The fraction of sp³-hybridized carbons (Fsp3) is 1.00. The summed E-state index contributed by atoms with van der Waals surface area (Å²) in [6.45, 7) is 5.89. The van der Waals surface area contributed by atoms with Gasteiger partial charge in [0.1, 0.15) is 0 Å². The third-order valence-electron chi connectivity index (χ3n) is 2.12. The molecule has 0 heterocycles. The predicted molar refractivity (Wildman–Crippen MR) is 51.3 cm³/mol. The lowest BCUT2D eigenvalue weighted by Crippen LogP contribution is -2.20.